The zero-order chi connectivity index (χ0) is 15.6. The molecule has 1 aromatic carbocycles. The summed E-state index contributed by atoms with van der Waals surface area (Å²) in [6, 6.07) is 6.03. The topological polar surface area (TPSA) is 59.9 Å². The van der Waals surface area contributed by atoms with Gasteiger partial charge in [-0.2, -0.15) is 0 Å². The average molecular weight is 330 g/mol. The molecule has 0 spiro atoms. The third-order valence-electron chi connectivity index (χ3n) is 4.24. The van der Waals surface area contributed by atoms with Gasteiger partial charge in [-0.05, 0) is 36.7 Å². The standard InChI is InChI=1S/C17H18N2O3S/c20-16-14(9-11-5-4-8-13-15(11)22-10-21-13)23-17(19-16)18-12-6-2-1-3-7-12/h4-5,8-9,12H,1-3,6-7,10H2,(H,18,19,20). The summed E-state index contributed by atoms with van der Waals surface area (Å²) >= 11 is 1.41. The number of amidine groups is 1. The van der Waals surface area contributed by atoms with Crippen molar-refractivity contribution >= 4 is 28.9 Å². The van der Waals surface area contributed by atoms with E-state index in [4.69, 9.17) is 14.5 Å². The first-order chi connectivity index (χ1) is 11.3. The lowest BCUT2D eigenvalue weighted by atomic mass is 9.96. The van der Waals surface area contributed by atoms with Crippen molar-refractivity contribution in [2.24, 2.45) is 4.99 Å². The van der Waals surface area contributed by atoms with Gasteiger partial charge in [-0.15, -0.1) is 0 Å². The van der Waals surface area contributed by atoms with Crippen LogP contribution in [-0.2, 0) is 4.79 Å². The van der Waals surface area contributed by atoms with Crippen LogP contribution in [-0.4, -0.2) is 23.9 Å². The second-order valence-electron chi connectivity index (χ2n) is 5.87. The van der Waals surface area contributed by atoms with E-state index < -0.39 is 0 Å². The molecule has 2 heterocycles. The second-order valence-corrected chi connectivity index (χ2v) is 6.90. The molecule has 0 bridgehead atoms. The monoisotopic (exact) mass is 330 g/mol. The number of carbonyl (C=O) groups excluding carboxylic acids is 1. The number of thioether (sulfide) groups is 1. The summed E-state index contributed by atoms with van der Waals surface area (Å²) in [4.78, 5) is 17.5. The van der Waals surface area contributed by atoms with E-state index in [0.717, 1.165) is 29.3 Å². The van der Waals surface area contributed by atoms with Crippen LogP contribution in [0, 0.1) is 0 Å². The molecule has 1 saturated heterocycles. The lowest BCUT2D eigenvalue weighted by Gasteiger charge is -2.17. The highest BCUT2D eigenvalue weighted by atomic mass is 32.2. The molecule has 2 fully saturated rings. The highest BCUT2D eigenvalue weighted by Crippen LogP contribution is 2.38. The number of carbonyl (C=O) groups is 1. The van der Waals surface area contributed by atoms with Crippen molar-refractivity contribution < 1.29 is 14.3 Å². The molecule has 1 saturated carbocycles. The van der Waals surface area contributed by atoms with E-state index >= 15 is 0 Å². The quantitative estimate of drug-likeness (QED) is 0.845. The Bertz CT molecular complexity index is 693. The molecule has 3 aliphatic rings. The summed E-state index contributed by atoms with van der Waals surface area (Å²) in [7, 11) is 0. The molecule has 0 aromatic heterocycles. The van der Waals surface area contributed by atoms with E-state index in [1.54, 1.807) is 0 Å². The van der Waals surface area contributed by atoms with Crippen LogP contribution in [0.25, 0.3) is 6.08 Å². The molecule has 1 aromatic rings. The third-order valence-corrected chi connectivity index (χ3v) is 5.16. The third kappa shape index (κ3) is 3.08. The number of nitrogens with one attached hydrogen (secondary N) is 1. The van der Waals surface area contributed by atoms with Gasteiger partial charge in [-0.1, -0.05) is 31.4 Å². The van der Waals surface area contributed by atoms with Crippen molar-refractivity contribution in [3.05, 3.63) is 28.7 Å². The van der Waals surface area contributed by atoms with E-state index in [1.807, 2.05) is 24.3 Å². The van der Waals surface area contributed by atoms with Crippen molar-refractivity contribution in [1.29, 1.82) is 0 Å². The molecular weight excluding hydrogens is 312 g/mol. The van der Waals surface area contributed by atoms with Gasteiger partial charge >= 0.3 is 0 Å². The van der Waals surface area contributed by atoms with E-state index in [2.05, 4.69) is 5.32 Å². The SMILES string of the molecule is O=C1NC(=NC2CCCCC2)SC1=Cc1cccc2c1OCO2. The van der Waals surface area contributed by atoms with Gasteiger partial charge in [0.1, 0.15) is 0 Å². The van der Waals surface area contributed by atoms with Crippen molar-refractivity contribution in [2.75, 3.05) is 6.79 Å². The Morgan fingerprint density at radius 2 is 2.09 bits per heavy atom. The zero-order valence-corrected chi connectivity index (χ0v) is 13.5. The predicted molar refractivity (Wildman–Crippen MR) is 90.6 cm³/mol. The first-order valence-corrected chi connectivity index (χ1v) is 8.78. The average Bonchev–Trinajstić information content (AvgIpc) is 3.16. The zero-order valence-electron chi connectivity index (χ0n) is 12.7. The number of ether oxygens (including phenoxy) is 2. The van der Waals surface area contributed by atoms with Gasteiger partial charge in [0.25, 0.3) is 5.91 Å². The molecule has 4 rings (SSSR count). The van der Waals surface area contributed by atoms with Crippen molar-refractivity contribution in [2.45, 2.75) is 38.1 Å². The molecule has 0 unspecified atom stereocenters. The van der Waals surface area contributed by atoms with Gasteiger partial charge in [0.2, 0.25) is 6.79 Å². The number of rotatable bonds is 2. The number of hydrogen-bond acceptors (Lipinski definition) is 5. The summed E-state index contributed by atoms with van der Waals surface area (Å²) in [6.07, 6.45) is 7.85. The smallest absolute Gasteiger partial charge is 0.264 e. The number of benzene rings is 1. The van der Waals surface area contributed by atoms with Crippen LogP contribution in [0.5, 0.6) is 11.5 Å². The minimum absolute atomic E-state index is 0.0962. The fourth-order valence-electron chi connectivity index (χ4n) is 3.07. The summed E-state index contributed by atoms with van der Waals surface area (Å²) < 4.78 is 10.9. The Labute approximate surface area is 139 Å². The maximum Gasteiger partial charge on any atom is 0.264 e. The summed E-state index contributed by atoms with van der Waals surface area (Å²) in [5, 5.41) is 3.59. The van der Waals surface area contributed by atoms with Gasteiger partial charge in [-0.3, -0.25) is 9.79 Å². The van der Waals surface area contributed by atoms with Crippen LogP contribution in [0.15, 0.2) is 28.1 Å². The van der Waals surface area contributed by atoms with Crippen molar-refractivity contribution in [1.82, 2.24) is 5.32 Å². The fraction of sp³-hybridized carbons (Fsp3) is 0.412. The number of aliphatic imine (C=N–C) groups is 1. The van der Waals surface area contributed by atoms with Crippen LogP contribution in [0.3, 0.4) is 0 Å². The van der Waals surface area contributed by atoms with Crippen LogP contribution in [0.2, 0.25) is 0 Å². The van der Waals surface area contributed by atoms with Gasteiger partial charge < -0.3 is 14.8 Å². The van der Waals surface area contributed by atoms with Gasteiger partial charge in [-0.25, -0.2) is 0 Å². The predicted octanol–water partition coefficient (Wildman–Crippen LogP) is 3.31. The van der Waals surface area contributed by atoms with E-state index in [1.165, 1.54) is 31.0 Å². The summed E-state index contributed by atoms with van der Waals surface area (Å²) in [5.41, 5.74) is 0.858. The van der Waals surface area contributed by atoms with Crippen LogP contribution in [0.1, 0.15) is 37.7 Å². The molecule has 1 amide bonds. The Balaban J connectivity index is 1.55. The van der Waals surface area contributed by atoms with Crippen molar-refractivity contribution in [3.63, 3.8) is 0 Å². The number of fused-ring (bicyclic) bond motifs is 1. The number of amides is 1. The molecule has 6 heteroatoms. The number of hydrogen-bond donors (Lipinski definition) is 1. The maximum atomic E-state index is 12.2. The van der Waals surface area contributed by atoms with Gasteiger partial charge in [0.15, 0.2) is 16.7 Å². The minimum atomic E-state index is -0.0962. The molecule has 23 heavy (non-hydrogen) atoms. The Kier molecular flexibility index (Phi) is 3.99. The normalized spacial score (nSPS) is 24.4. The Hall–Kier alpha value is -1.95. The molecule has 120 valence electrons. The van der Waals surface area contributed by atoms with E-state index in [0.29, 0.717) is 16.7 Å². The van der Waals surface area contributed by atoms with Crippen LogP contribution >= 0.6 is 11.8 Å². The second kappa shape index (κ2) is 6.28. The van der Waals surface area contributed by atoms with Gasteiger partial charge in [0.05, 0.1) is 10.9 Å². The largest absolute Gasteiger partial charge is 0.454 e. The molecule has 2 aliphatic heterocycles. The summed E-state index contributed by atoms with van der Waals surface area (Å²) in [5.74, 6) is 1.32. The first kappa shape index (κ1) is 14.6. The molecule has 5 nitrogen and oxygen atoms in total. The maximum absolute atomic E-state index is 12.2. The van der Waals surface area contributed by atoms with E-state index in [-0.39, 0.29) is 12.7 Å². The van der Waals surface area contributed by atoms with Crippen LogP contribution in [0.4, 0.5) is 0 Å². The van der Waals surface area contributed by atoms with Crippen LogP contribution < -0.4 is 14.8 Å². The number of nitrogens with zero attached hydrogens (tertiary/aromatic N) is 1. The fourth-order valence-corrected chi connectivity index (χ4v) is 3.96. The molecular formula is C17H18N2O3S. The lowest BCUT2D eigenvalue weighted by Crippen LogP contribution is -2.22. The number of para-hydroxylation sites is 1. The van der Waals surface area contributed by atoms with Crippen molar-refractivity contribution in [3.8, 4) is 11.5 Å². The Morgan fingerprint density at radius 3 is 2.96 bits per heavy atom. The molecule has 1 N–H and O–H groups in total. The first-order valence-electron chi connectivity index (χ1n) is 7.97. The molecule has 1 aliphatic carbocycles. The highest BCUT2D eigenvalue weighted by Gasteiger charge is 2.26. The molecule has 0 atom stereocenters. The minimum Gasteiger partial charge on any atom is -0.454 e. The Morgan fingerprint density at radius 1 is 1.22 bits per heavy atom. The molecule has 0 radical (unpaired) electrons. The lowest BCUT2D eigenvalue weighted by molar-refractivity contribution is -0.115. The summed E-state index contributed by atoms with van der Waals surface area (Å²) in [6.45, 7) is 0.225. The highest BCUT2D eigenvalue weighted by molar-refractivity contribution is 8.18. The van der Waals surface area contributed by atoms with Gasteiger partial charge in [0, 0.05) is 5.56 Å². The van der Waals surface area contributed by atoms with E-state index in [9.17, 15) is 4.79 Å².